The molecule has 1 saturated carbocycles. The highest BCUT2D eigenvalue weighted by Gasteiger charge is 2.43. The predicted octanol–water partition coefficient (Wildman–Crippen LogP) is 4.58. The SMILES string of the molecule is CNC(Cc1ccc(C)cc1Cl)C1CC1c1ccccc1. The maximum atomic E-state index is 6.38. The van der Waals surface area contributed by atoms with E-state index < -0.39 is 0 Å². The van der Waals surface area contributed by atoms with E-state index in [2.05, 4.69) is 67.8 Å². The Balaban J connectivity index is 1.70. The minimum Gasteiger partial charge on any atom is -0.316 e. The van der Waals surface area contributed by atoms with Gasteiger partial charge in [-0.3, -0.25) is 0 Å². The Morgan fingerprint density at radius 3 is 2.62 bits per heavy atom. The lowest BCUT2D eigenvalue weighted by atomic mass is 9.98. The van der Waals surface area contributed by atoms with Gasteiger partial charge in [0, 0.05) is 11.1 Å². The van der Waals surface area contributed by atoms with Gasteiger partial charge in [0.25, 0.3) is 0 Å². The summed E-state index contributed by atoms with van der Waals surface area (Å²) in [4.78, 5) is 0. The lowest BCUT2D eigenvalue weighted by Crippen LogP contribution is -2.30. The molecule has 110 valence electrons. The molecule has 0 bridgehead atoms. The molecule has 1 aliphatic rings. The van der Waals surface area contributed by atoms with Gasteiger partial charge in [0.2, 0.25) is 0 Å². The van der Waals surface area contributed by atoms with E-state index >= 15 is 0 Å². The molecule has 3 rings (SSSR count). The minimum atomic E-state index is 0.496. The third-order valence-corrected chi connectivity index (χ3v) is 4.96. The highest BCUT2D eigenvalue weighted by atomic mass is 35.5. The smallest absolute Gasteiger partial charge is 0.0441 e. The van der Waals surface area contributed by atoms with Crippen LogP contribution < -0.4 is 5.32 Å². The van der Waals surface area contributed by atoms with Gasteiger partial charge in [-0.2, -0.15) is 0 Å². The van der Waals surface area contributed by atoms with Crippen LogP contribution in [0.3, 0.4) is 0 Å². The van der Waals surface area contributed by atoms with Crippen LogP contribution >= 0.6 is 11.6 Å². The maximum absolute atomic E-state index is 6.38. The maximum Gasteiger partial charge on any atom is 0.0441 e. The zero-order valence-electron chi connectivity index (χ0n) is 12.6. The van der Waals surface area contributed by atoms with Crippen molar-refractivity contribution in [2.45, 2.75) is 31.7 Å². The summed E-state index contributed by atoms with van der Waals surface area (Å²) < 4.78 is 0. The van der Waals surface area contributed by atoms with Crippen molar-refractivity contribution >= 4 is 11.6 Å². The van der Waals surface area contributed by atoms with E-state index in [9.17, 15) is 0 Å². The summed E-state index contributed by atoms with van der Waals surface area (Å²) in [6.07, 6.45) is 2.28. The lowest BCUT2D eigenvalue weighted by molar-refractivity contribution is 0.491. The van der Waals surface area contributed by atoms with Gasteiger partial charge in [-0.15, -0.1) is 0 Å². The van der Waals surface area contributed by atoms with Gasteiger partial charge in [0.05, 0.1) is 0 Å². The first kappa shape index (κ1) is 14.6. The van der Waals surface area contributed by atoms with Crippen LogP contribution in [0.1, 0.15) is 29.0 Å². The lowest BCUT2D eigenvalue weighted by Gasteiger charge is -2.17. The van der Waals surface area contributed by atoms with Crippen LogP contribution in [-0.2, 0) is 6.42 Å². The molecule has 2 aromatic carbocycles. The molecule has 0 saturated heterocycles. The van der Waals surface area contributed by atoms with Crippen molar-refractivity contribution in [1.82, 2.24) is 5.32 Å². The fourth-order valence-electron chi connectivity index (χ4n) is 3.27. The minimum absolute atomic E-state index is 0.496. The molecule has 0 spiro atoms. The molecule has 1 fully saturated rings. The molecule has 1 nitrogen and oxygen atoms in total. The molecule has 3 atom stereocenters. The van der Waals surface area contributed by atoms with Crippen molar-refractivity contribution in [3.8, 4) is 0 Å². The van der Waals surface area contributed by atoms with Crippen LogP contribution in [0.2, 0.25) is 5.02 Å². The van der Waals surface area contributed by atoms with Crippen LogP contribution in [0.15, 0.2) is 48.5 Å². The fourth-order valence-corrected chi connectivity index (χ4v) is 3.58. The third-order valence-electron chi connectivity index (χ3n) is 4.60. The zero-order valence-corrected chi connectivity index (χ0v) is 13.4. The standard InChI is InChI=1S/C19H22ClN/c1-13-8-9-15(18(20)10-13)11-19(21-2)17-12-16(17)14-6-4-3-5-7-14/h3-10,16-17,19,21H,11-12H2,1-2H3. The quantitative estimate of drug-likeness (QED) is 0.852. The van der Waals surface area contributed by atoms with Crippen LogP contribution in [0.4, 0.5) is 0 Å². The number of benzene rings is 2. The van der Waals surface area contributed by atoms with E-state index in [-0.39, 0.29) is 0 Å². The van der Waals surface area contributed by atoms with Gasteiger partial charge >= 0.3 is 0 Å². The first-order chi connectivity index (χ1) is 10.2. The van der Waals surface area contributed by atoms with Crippen LogP contribution in [0.5, 0.6) is 0 Å². The second kappa shape index (κ2) is 6.21. The summed E-state index contributed by atoms with van der Waals surface area (Å²) in [5.41, 5.74) is 3.94. The Kier molecular flexibility index (Phi) is 4.32. The average molecular weight is 300 g/mol. The normalized spacial score (nSPS) is 22.0. The van der Waals surface area contributed by atoms with Crippen molar-refractivity contribution in [2.75, 3.05) is 7.05 Å². The van der Waals surface area contributed by atoms with Crippen molar-refractivity contribution in [2.24, 2.45) is 5.92 Å². The highest BCUT2D eigenvalue weighted by Crippen LogP contribution is 2.50. The predicted molar refractivity (Wildman–Crippen MR) is 90.0 cm³/mol. The van der Waals surface area contributed by atoms with Crippen molar-refractivity contribution in [3.63, 3.8) is 0 Å². The second-order valence-corrected chi connectivity index (χ2v) is 6.52. The van der Waals surface area contributed by atoms with Gasteiger partial charge in [-0.05, 0) is 61.4 Å². The van der Waals surface area contributed by atoms with Gasteiger partial charge in [-0.1, -0.05) is 54.1 Å². The number of hydrogen-bond donors (Lipinski definition) is 1. The van der Waals surface area contributed by atoms with E-state index in [1.54, 1.807) is 0 Å². The van der Waals surface area contributed by atoms with Gasteiger partial charge < -0.3 is 5.32 Å². The van der Waals surface area contributed by atoms with Gasteiger partial charge in [-0.25, -0.2) is 0 Å². The summed E-state index contributed by atoms with van der Waals surface area (Å²) in [6, 6.07) is 17.7. The number of likely N-dealkylation sites (N-methyl/N-ethyl adjacent to an activating group) is 1. The van der Waals surface area contributed by atoms with Crippen LogP contribution in [0, 0.1) is 12.8 Å². The van der Waals surface area contributed by atoms with E-state index in [1.807, 2.05) is 0 Å². The number of nitrogens with one attached hydrogen (secondary N) is 1. The van der Waals surface area contributed by atoms with Crippen LogP contribution in [0.25, 0.3) is 0 Å². The Morgan fingerprint density at radius 2 is 1.95 bits per heavy atom. The summed E-state index contributed by atoms with van der Waals surface area (Å²) >= 11 is 6.38. The topological polar surface area (TPSA) is 12.0 Å². The first-order valence-electron chi connectivity index (χ1n) is 7.66. The molecular formula is C19H22ClN. The molecule has 1 N–H and O–H groups in total. The van der Waals surface area contributed by atoms with Gasteiger partial charge in [0.1, 0.15) is 0 Å². The number of rotatable bonds is 5. The summed E-state index contributed by atoms with van der Waals surface area (Å²) in [6.45, 7) is 2.08. The van der Waals surface area contributed by atoms with Crippen molar-refractivity contribution in [1.29, 1.82) is 0 Å². The zero-order chi connectivity index (χ0) is 14.8. The number of aryl methyl sites for hydroxylation is 1. The van der Waals surface area contributed by atoms with E-state index in [0.29, 0.717) is 12.0 Å². The number of halogens is 1. The summed E-state index contributed by atoms with van der Waals surface area (Å²) in [7, 11) is 2.06. The molecule has 2 heteroatoms. The van der Waals surface area contributed by atoms with E-state index in [0.717, 1.165) is 17.4 Å². The Morgan fingerprint density at radius 1 is 1.19 bits per heavy atom. The van der Waals surface area contributed by atoms with Crippen LogP contribution in [-0.4, -0.2) is 13.1 Å². The van der Waals surface area contributed by atoms with E-state index in [4.69, 9.17) is 11.6 Å². The molecule has 0 amide bonds. The Hall–Kier alpha value is -1.31. The average Bonchev–Trinajstić information content (AvgIpc) is 3.28. The molecule has 0 aromatic heterocycles. The first-order valence-corrected chi connectivity index (χ1v) is 8.04. The molecule has 21 heavy (non-hydrogen) atoms. The molecule has 0 aliphatic heterocycles. The highest BCUT2D eigenvalue weighted by molar-refractivity contribution is 6.31. The van der Waals surface area contributed by atoms with Crippen molar-refractivity contribution in [3.05, 3.63) is 70.2 Å². The van der Waals surface area contributed by atoms with Crippen molar-refractivity contribution < 1.29 is 0 Å². The monoisotopic (exact) mass is 299 g/mol. The third kappa shape index (κ3) is 3.30. The molecular weight excluding hydrogens is 278 g/mol. The van der Waals surface area contributed by atoms with Gasteiger partial charge in [0.15, 0.2) is 0 Å². The summed E-state index contributed by atoms with van der Waals surface area (Å²) in [5, 5.41) is 4.39. The largest absolute Gasteiger partial charge is 0.316 e. The molecule has 0 radical (unpaired) electrons. The summed E-state index contributed by atoms with van der Waals surface area (Å²) in [5.74, 6) is 1.42. The molecule has 0 heterocycles. The molecule has 3 unspecified atom stereocenters. The molecule has 2 aromatic rings. The van der Waals surface area contributed by atoms with E-state index in [1.165, 1.54) is 23.1 Å². The number of hydrogen-bond acceptors (Lipinski definition) is 1. The fraction of sp³-hybridized carbons (Fsp3) is 0.368. The Labute approximate surface area is 132 Å². The molecule has 1 aliphatic carbocycles. The Bertz CT molecular complexity index is 608. The second-order valence-electron chi connectivity index (χ2n) is 6.11.